The third-order valence-corrected chi connectivity index (χ3v) is 2.50. The molecule has 0 atom stereocenters. The van der Waals surface area contributed by atoms with Crippen LogP contribution in [0.3, 0.4) is 0 Å². The van der Waals surface area contributed by atoms with Crippen LogP contribution in [0.2, 0.25) is 0 Å². The summed E-state index contributed by atoms with van der Waals surface area (Å²) >= 11 is 0. The van der Waals surface area contributed by atoms with E-state index in [2.05, 4.69) is 4.90 Å². The zero-order chi connectivity index (χ0) is 12.0. The van der Waals surface area contributed by atoms with E-state index in [1.807, 2.05) is 7.05 Å². The molecule has 0 aliphatic rings. The van der Waals surface area contributed by atoms with Crippen molar-refractivity contribution in [2.75, 3.05) is 26.7 Å². The number of aryl methyl sites for hydroxylation is 1. The van der Waals surface area contributed by atoms with Crippen LogP contribution in [0.4, 0.5) is 8.78 Å². The predicted molar refractivity (Wildman–Crippen MR) is 61.2 cm³/mol. The summed E-state index contributed by atoms with van der Waals surface area (Å²) in [7, 11) is 2.00. The van der Waals surface area contributed by atoms with Gasteiger partial charge in [-0.15, -0.1) is 0 Å². The number of likely N-dealkylation sites (N-methyl/N-ethyl adjacent to an activating group) is 1. The number of nitrogens with zero attached hydrogens (tertiary/aromatic N) is 1. The van der Waals surface area contributed by atoms with E-state index >= 15 is 0 Å². The molecule has 0 spiro atoms. The van der Waals surface area contributed by atoms with Crippen molar-refractivity contribution in [2.45, 2.75) is 12.8 Å². The van der Waals surface area contributed by atoms with Gasteiger partial charge in [-0.2, -0.15) is 0 Å². The molecule has 0 radical (unpaired) electrons. The van der Waals surface area contributed by atoms with Gasteiger partial charge >= 0.3 is 0 Å². The maximum Gasteiger partial charge on any atom is 0.159 e. The summed E-state index contributed by atoms with van der Waals surface area (Å²) in [5.41, 5.74) is 6.25. The minimum absolute atomic E-state index is 0.641. The molecule has 0 fully saturated rings. The van der Waals surface area contributed by atoms with Gasteiger partial charge < -0.3 is 10.6 Å². The smallest absolute Gasteiger partial charge is 0.159 e. The van der Waals surface area contributed by atoms with E-state index in [0.717, 1.165) is 31.5 Å². The van der Waals surface area contributed by atoms with Gasteiger partial charge in [-0.25, -0.2) is 8.78 Å². The Labute approximate surface area is 95.1 Å². The lowest BCUT2D eigenvalue weighted by Gasteiger charge is -2.14. The highest BCUT2D eigenvalue weighted by Gasteiger charge is 2.03. The molecule has 4 heteroatoms. The van der Waals surface area contributed by atoms with Crippen LogP contribution < -0.4 is 5.73 Å². The Hall–Kier alpha value is -1.00. The van der Waals surface area contributed by atoms with E-state index in [1.165, 1.54) is 12.1 Å². The highest BCUT2D eigenvalue weighted by atomic mass is 19.2. The van der Waals surface area contributed by atoms with Gasteiger partial charge in [0.25, 0.3) is 0 Å². The first-order chi connectivity index (χ1) is 7.63. The Morgan fingerprint density at radius 1 is 1.19 bits per heavy atom. The van der Waals surface area contributed by atoms with Crippen LogP contribution in [0.15, 0.2) is 18.2 Å². The third-order valence-electron chi connectivity index (χ3n) is 2.50. The molecule has 0 heterocycles. The normalized spacial score (nSPS) is 11.1. The van der Waals surface area contributed by atoms with Crippen molar-refractivity contribution in [3.8, 4) is 0 Å². The second kappa shape index (κ2) is 6.55. The monoisotopic (exact) mass is 228 g/mol. The van der Waals surface area contributed by atoms with E-state index in [-0.39, 0.29) is 0 Å². The molecule has 1 rings (SSSR count). The summed E-state index contributed by atoms with van der Waals surface area (Å²) < 4.78 is 25.5. The van der Waals surface area contributed by atoms with Gasteiger partial charge in [0.1, 0.15) is 0 Å². The molecule has 90 valence electrons. The van der Waals surface area contributed by atoms with Crippen molar-refractivity contribution < 1.29 is 8.78 Å². The van der Waals surface area contributed by atoms with E-state index < -0.39 is 11.6 Å². The Morgan fingerprint density at radius 2 is 1.94 bits per heavy atom. The fourth-order valence-corrected chi connectivity index (χ4v) is 1.58. The SMILES string of the molecule is CN(CCN)CCCc1ccc(F)c(F)c1. The summed E-state index contributed by atoms with van der Waals surface area (Å²) in [5, 5.41) is 0. The molecule has 0 saturated carbocycles. The highest BCUT2D eigenvalue weighted by Crippen LogP contribution is 2.10. The number of halogens is 2. The molecule has 1 aromatic rings. The van der Waals surface area contributed by atoms with Crippen molar-refractivity contribution >= 4 is 0 Å². The van der Waals surface area contributed by atoms with E-state index in [0.29, 0.717) is 6.54 Å². The maximum atomic E-state index is 12.9. The van der Waals surface area contributed by atoms with Gasteiger partial charge in [-0.05, 0) is 44.1 Å². The summed E-state index contributed by atoms with van der Waals surface area (Å²) in [6.45, 7) is 2.41. The number of hydrogen-bond donors (Lipinski definition) is 1. The lowest BCUT2D eigenvalue weighted by atomic mass is 10.1. The lowest BCUT2D eigenvalue weighted by molar-refractivity contribution is 0.338. The molecular weight excluding hydrogens is 210 g/mol. The van der Waals surface area contributed by atoms with E-state index in [4.69, 9.17) is 5.73 Å². The standard InChI is InChI=1S/C12H18F2N2/c1-16(8-6-15)7-2-3-10-4-5-11(13)12(14)9-10/h4-5,9H,2-3,6-8,15H2,1H3. The molecule has 16 heavy (non-hydrogen) atoms. The van der Waals surface area contributed by atoms with Gasteiger partial charge in [0.15, 0.2) is 11.6 Å². The second-order valence-corrected chi connectivity index (χ2v) is 3.94. The minimum atomic E-state index is -0.788. The average molecular weight is 228 g/mol. The number of benzene rings is 1. The first kappa shape index (κ1) is 13.1. The summed E-state index contributed by atoms with van der Waals surface area (Å²) in [4.78, 5) is 2.12. The first-order valence-electron chi connectivity index (χ1n) is 5.46. The van der Waals surface area contributed by atoms with Gasteiger partial charge in [-0.1, -0.05) is 6.07 Å². The molecule has 0 aliphatic heterocycles. The van der Waals surface area contributed by atoms with Crippen molar-refractivity contribution in [2.24, 2.45) is 5.73 Å². The van der Waals surface area contributed by atoms with Crippen LogP contribution in [0.5, 0.6) is 0 Å². The van der Waals surface area contributed by atoms with Crippen LogP contribution in [0.1, 0.15) is 12.0 Å². The van der Waals surface area contributed by atoms with Crippen molar-refractivity contribution in [3.05, 3.63) is 35.4 Å². The molecule has 0 saturated heterocycles. The van der Waals surface area contributed by atoms with Crippen LogP contribution in [-0.4, -0.2) is 31.6 Å². The number of hydrogen-bond acceptors (Lipinski definition) is 2. The Morgan fingerprint density at radius 3 is 2.56 bits per heavy atom. The highest BCUT2D eigenvalue weighted by molar-refractivity contribution is 5.17. The van der Waals surface area contributed by atoms with Crippen molar-refractivity contribution in [1.29, 1.82) is 0 Å². The number of nitrogens with two attached hydrogens (primary N) is 1. The predicted octanol–water partition coefficient (Wildman–Crippen LogP) is 1.79. The topological polar surface area (TPSA) is 29.3 Å². The van der Waals surface area contributed by atoms with Gasteiger partial charge in [-0.3, -0.25) is 0 Å². The molecular formula is C12H18F2N2. The Kier molecular flexibility index (Phi) is 5.35. The van der Waals surface area contributed by atoms with Crippen molar-refractivity contribution in [3.63, 3.8) is 0 Å². The molecule has 0 unspecified atom stereocenters. The van der Waals surface area contributed by atoms with Crippen LogP contribution >= 0.6 is 0 Å². The quantitative estimate of drug-likeness (QED) is 0.804. The fraction of sp³-hybridized carbons (Fsp3) is 0.500. The molecule has 0 bridgehead atoms. The third kappa shape index (κ3) is 4.24. The number of rotatable bonds is 6. The first-order valence-corrected chi connectivity index (χ1v) is 5.46. The van der Waals surface area contributed by atoms with Gasteiger partial charge in [0.2, 0.25) is 0 Å². The fourth-order valence-electron chi connectivity index (χ4n) is 1.58. The molecule has 0 amide bonds. The second-order valence-electron chi connectivity index (χ2n) is 3.94. The minimum Gasteiger partial charge on any atom is -0.329 e. The zero-order valence-corrected chi connectivity index (χ0v) is 9.55. The maximum absolute atomic E-state index is 12.9. The average Bonchev–Trinajstić information content (AvgIpc) is 2.24. The summed E-state index contributed by atoms with van der Waals surface area (Å²) in [6.07, 6.45) is 1.67. The van der Waals surface area contributed by atoms with E-state index in [9.17, 15) is 8.78 Å². The molecule has 2 N–H and O–H groups in total. The van der Waals surface area contributed by atoms with Gasteiger partial charge in [0, 0.05) is 13.1 Å². The zero-order valence-electron chi connectivity index (χ0n) is 9.55. The van der Waals surface area contributed by atoms with Gasteiger partial charge in [0.05, 0.1) is 0 Å². The Bertz CT molecular complexity index is 329. The molecule has 0 aliphatic carbocycles. The molecule has 2 nitrogen and oxygen atoms in total. The van der Waals surface area contributed by atoms with Crippen LogP contribution in [0.25, 0.3) is 0 Å². The van der Waals surface area contributed by atoms with Crippen molar-refractivity contribution in [1.82, 2.24) is 4.90 Å². The van der Waals surface area contributed by atoms with E-state index in [1.54, 1.807) is 6.07 Å². The summed E-state index contributed by atoms with van der Waals surface area (Å²) in [6, 6.07) is 4.06. The molecule has 1 aromatic carbocycles. The Balaban J connectivity index is 2.34. The largest absolute Gasteiger partial charge is 0.329 e. The lowest BCUT2D eigenvalue weighted by Crippen LogP contribution is -2.26. The molecule has 0 aromatic heterocycles. The van der Waals surface area contributed by atoms with Crippen LogP contribution in [-0.2, 0) is 6.42 Å². The summed E-state index contributed by atoms with van der Waals surface area (Å²) in [5.74, 6) is -1.56. The van der Waals surface area contributed by atoms with Crippen LogP contribution in [0, 0.1) is 11.6 Å².